The summed E-state index contributed by atoms with van der Waals surface area (Å²) in [5.74, 6) is 0. The number of rotatable bonds is 4. The Morgan fingerprint density at radius 1 is 1.69 bits per heavy atom. The summed E-state index contributed by atoms with van der Waals surface area (Å²) in [6.07, 6.45) is 0.498. The minimum absolute atomic E-state index is 0.146. The van der Waals surface area contributed by atoms with Gasteiger partial charge in [-0.05, 0) is 36.2 Å². The Labute approximate surface area is 83.2 Å². The SMILES string of the molecule is COC(C)C(C)(O)Cc1ccsc1. The summed E-state index contributed by atoms with van der Waals surface area (Å²) in [4.78, 5) is 0. The highest BCUT2D eigenvalue weighted by atomic mass is 32.1. The Hall–Kier alpha value is -0.380. The molecule has 1 aromatic heterocycles. The lowest BCUT2D eigenvalue weighted by atomic mass is 9.93. The summed E-state index contributed by atoms with van der Waals surface area (Å²) < 4.78 is 5.12. The second-order valence-corrected chi connectivity index (χ2v) is 4.32. The average Bonchev–Trinajstić information content (AvgIpc) is 2.54. The predicted molar refractivity (Wildman–Crippen MR) is 55.1 cm³/mol. The number of aliphatic hydroxyl groups is 1. The first-order valence-corrected chi connectivity index (χ1v) is 5.27. The maximum Gasteiger partial charge on any atom is 0.0917 e. The fraction of sp³-hybridized carbons (Fsp3) is 0.600. The van der Waals surface area contributed by atoms with Crippen molar-refractivity contribution in [1.29, 1.82) is 0 Å². The zero-order valence-electron chi connectivity index (χ0n) is 8.28. The molecule has 0 saturated carbocycles. The van der Waals surface area contributed by atoms with Crippen LogP contribution in [-0.2, 0) is 11.2 Å². The average molecular weight is 200 g/mol. The van der Waals surface area contributed by atoms with Gasteiger partial charge in [0.1, 0.15) is 0 Å². The lowest BCUT2D eigenvalue weighted by Gasteiger charge is -2.28. The molecule has 0 amide bonds. The van der Waals surface area contributed by atoms with Gasteiger partial charge in [-0.15, -0.1) is 0 Å². The first kappa shape index (κ1) is 10.7. The minimum atomic E-state index is -0.782. The van der Waals surface area contributed by atoms with E-state index in [1.165, 1.54) is 5.56 Å². The summed E-state index contributed by atoms with van der Waals surface area (Å²) >= 11 is 1.65. The van der Waals surface area contributed by atoms with E-state index in [-0.39, 0.29) is 6.10 Å². The van der Waals surface area contributed by atoms with Gasteiger partial charge >= 0.3 is 0 Å². The van der Waals surface area contributed by atoms with E-state index in [9.17, 15) is 5.11 Å². The smallest absolute Gasteiger partial charge is 0.0917 e. The van der Waals surface area contributed by atoms with Gasteiger partial charge in [0.2, 0.25) is 0 Å². The number of thiophene rings is 1. The molecule has 0 radical (unpaired) electrons. The number of ether oxygens (including phenoxy) is 1. The summed E-state index contributed by atoms with van der Waals surface area (Å²) in [5, 5.41) is 14.1. The molecule has 0 saturated heterocycles. The third kappa shape index (κ3) is 2.79. The van der Waals surface area contributed by atoms with Crippen molar-refractivity contribution in [2.24, 2.45) is 0 Å². The van der Waals surface area contributed by atoms with Crippen LogP contribution in [0.2, 0.25) is 0 Å². The number of hydrogen-bond acceptors (Lipinski definition) is 3. The highest BCUT2D eigenvalue weighted by molar-refractivity contribution is 7.07. The molecule has 0 fully saturated rings. The van der Waals surface area contributed by atoms with Crippen LogP contribution in [0.4, 0.5) is 0 Å². The molecule has 13 heavy (non-hydrogen) atoms. The second-order valence-electron chi connectivity index (χ2n) is 3.54. The van der Waals surface area contributed by atoms with Gasteiger partial charge in [-0.2, -0.15) is 11.3 Å². The molecule has 1 aromatic rings. The van der Waals surface area contributed by atoms with Crippen LogP contribution in [-0.4, -0.2) is 23.9 Å². The molecule has 2 nitrogen and oxygen atoms in total. The molecule has 1 N–H and O–H groups in total. The van der Waals surface area contributed by atoms with Crippen molar-refractivity contribution in [2.75, 3.05) is 7.11 Å². The van der Waals surface area contributed by atoms with E-state index in [2.05, 4.69) is 5.38 Å². The molecule has 0 spiro atoms. The molecular weight excluding hydrogens is 184 g/mol. The predicted octanol–water partition coefficient (Wildman–Crippen LogP) is 2.08. The highest BCUT2D eigenvalue weighted by Gasteiger charge is 2.28. The Kier molecular flexibility index (Phi) is 3.47. The highest BCUT2D eigenvalue weighted by Crippen LogP contribution is 2.20. The Balaban J connectivity index is 2.61. The largest absolute Gasteiger partial charge is 0.387 e. The van der Waals surface area contributed by atoms with E-state index in [1.54, 1.807) is 25.4 Å². The van der Waals surface area contributed by atoms with Crippen molar-refractivity contribution in [2.45, 2.75) is 32.0 Å². The lowest BCUT2D eigenvalue weighted by molar-refractivity contribution is -0.0715. The molecule has 1 rings (SSSR count). The first-order chi connectivity index (χ1) is 6.06. The molecule has 2 unspecified atom stereocenters. The maximum absolute atomic E-state index is 10.0. The van der Waals surface area contributed by atoms with Crippen molar-refractivity contribution < 1.29 is 9.84 Å². The Morgan fingerprint density at radius 3 is 2.85 bits per heavy atom. The van der Waals surface area contributed by atoms with E-state index in [1.807, 2.05) is 18.4 Å². The van der Waals surface area contributed by atoms with E-state index < -0.39 is 5.60 Å². The third-order valence-corrected chi connectivity index (χ3v) is 3.10. The fourth-order valence-electron chi connectivity index (χ4n) is 1.20. The summed E-state index contributed by atoms with van der Waals surface area (Å²) in [6.45, 7) is 3.69. The summed E-state index contributed by atoms with van der Waals surface area (Å²) in [6, 6.07) is 2.03. The van der Waals surface area contributed by atoms with Crippen LogP contribution >= 0.6 is 11.3 Å². The van der Waals surface area contributed by atoms with Gasteiger partial charge in [-0.1, -0.05) is 0 Å². The molecule has 2 atom stereocenters. The molecule has 0 aliphatic carbocycles. The molecular formula is C10H16O2S. The van der Waals surface area contributed by atoms with E-state index >= 15 is 0 Å². The van der Waals surface area contributed by atoms with Crippen LogP contribution in [0.5, 0.6) is 0 Å². The number of hydrogen-bond donors (Lipinski definition) is 1. The van der Waals surface area contributed by atoms with Crippen molar-refractivity contribution >= 4 is 11.3 Å². The van der Waals surface area contributed by atoms with E-state index in [4.69, 9.17) is 4.74 Å². The van der Waals surface area contributed by atoms with Gasteiger partial charge in [0.25, 0.3) is 0 Å². The van der Waals surface area contributed by atoms with Crippen LogP contribution in [0, 0.1) is 0 Å². The second kappa shape index (κ2) is 4.22. The molecule has 1 heterocycles. The quantitative estimate of drug-likeness (QED) is 0.806. The fourth-order valence-corrected chi connectivity index (χ4v) is 1.87. The van der Waals surface area contributed by atoms with Crippen LogP contribution < -0.4 is 0 Å². The van der Waals surface area contributed by atoms with Crippen molar-refractivity contribution in [3.63, 3.8) is 0 Å². The first-order valence-electron chi connectivity index (χ1n) is 4.32. The van der Waals surface area contributed by atoms with Gasteiger partial charge in [-0.25, -0.2) is 0 Å². The van der Waals surface area contributed by atoms with Crippen LogP contribution in [0.25, 0.3) is 0 Å². The monoisotopic (exact) mass is 200 g/mol. The Morgan fingerprint density at radius 2 is 2.38 bits per heavy atom. The van der Waals surface area contributed by atoms with Crippen LogP contribution in [0.1, 0.15) is 19.4 Å². The molecule has 0 bridgehead atoms. The van der Waals surface area contributed by atoms with Gasteiger partial charge in [0.15, 0.2) is 0 Å². The lowest BCUT2D eigenvalue weighted by Crippen LogP contribution is -2.40. The van der Waals surface area contributed by atoms with Crippen molar-refractivity contribution in [3.8, 4) is 0 Å². The van der Waals surface area contributed by atoms with E-state index in [0.717, 1.165) is 0 Å². The molecule has 74 valence electrons. The van der Waals surface area contributed by atoms with Crippen molar-refractivity contribution in [3.05, 3.63) is 22.4 Å². The number of methoxy groups -OCH3 is 1. The zero-order valence-corrected chi connectivity index (χ0v) is 9.10. The van der Waals surface area contributed by atoms with Crippen LogP contribution in [0.15, 0.2) is 16.8 Å². The third-order valence-electron chi connectivity index (χ3n) is 2.37. The topological polar surface area (TPSA) is 29.5 Å². The molecule has 0 aliphatic heterocycles. The van der Waals surface area contributed by atoms with Gasteiger partial charge in [0, 0.05) is 13.5 Å². The zero-order chi connectivity index (χ0) is 9.90. The van der Waals surface area contributed by atoms with Gasteiger partial charge in [0.05, 0.1) is 11.7 Å². The standard InChI is InChI=1S/C10H16O2S/c1-8(12-3)10(2,11)6-9-4-5-13-7-9/h4-5,7-8,11H,6H2,1-3H3. The minimum Gasteiger partial charge on any atom is -0.387 e. The maximum atomic E-state index is 10.0. The van der Waals surface area contributed by atoms with Crippen LogP contribution in [0.3, 0.4) is 0 Å². The Bertz CT molecular complexity index is 241. The van der Waals surface area contributed by atoms with E-state index in [0.29, 0.717) is 6.42 Å². The molecule has 0 aliphatic rings. The summed E-state index contributed by atoms with van der Waals surface area (Å²) in [5.41, 5.74) is 0.384. The summed E-state index contributed by atoms with van der Waals surface area (Å²) in [7, 11) is 1.62. The molecule has 0 aromatic carbocycles. The van der Waals surface area contributed by atoms with Gasteiger partial charge in [-0.3, -0.25) is 0 Å². The van der Waals surface area contributed by atoms with Gasteiger partial charge < -0.3 is 9.84 Å². The molecule has 3 heteroatoms. The normalized spacial score (nSPS) is 18.2. The van der Waals surface area contributed by atoms with Crippen molar-refractivity contribution in [1.82, 2.24) is 0 Å².